The highest BCUT2D eigenvalue weighted by molar-refractivity contribution is 5.79. The van der Waals surface area contributed by atoms with E-state index in [1.165, 1.54) is 5.56 Å². The van der Waals surface area contributed by atoms with Crippen LogP contribution in [0.15, 0.2) is 36.9 Å². The lowest BCUT2D eigenvalue weighted by atomic mass is 9.83. The molecule has 1 aromatic carbocycles. The van der Waals surface area contributed by atoms with E-state index in [4.69, 9.17) is 4.74 Å². The number of carbonyl (C=O) groups excluding carboxylic acids is 1. The monoisotopic (exact) mass is 246 g/mol. The van der Waals surface area contributed by atoms with E-state index >= 15 is 0 Å². The van der Waals surface area contributed by atoms with Gasteiger partial charge in [0.1, 0.15) is 0 Å². The molecule has 0 amide bonds. The largest absolute Gasteiger partial charge is 0.465 e. The Labute approximate surface area is 110 Å². The third kappa shape index (κ3) is 3.46. The highest BCUT2D eigenvalue weighted by Gasteiger charge is 2.31. The van der Waals surface area contributed by atoms with Crippen LogP contribution in [0.2, 0.25) is 0 Å². The normalized spacial score (nSPS) is 13.7. The van der Waals surface area contributed by atoms with Crippen molar-refractivity contribution in [2.24, 2.45) is 5.41 Å². The summed E-state index contributed by atoms with van der Waals surface area (Å²) in [6.45, 7) is 9.98. The van der Waals surface area contributed by atoms with Crippen molar-refractivity contribution in [1.82, 2.24) is 0 Å². The molecule has 1 aromatic rings. The van der Waals surface area contributed by atoms with E-state index in [-0.39, 0.29) is 5.97 Å². The first-order valence-corrected chi connectivity index (χ1v) is 6.44. The van der Waals surface area contributed by atoms with Gasteiger partial charge in [-0.1, -0.05) is 37.3 Å². The fourth-order valence-corrected chi connectivity index (χ4v) is 1.84. The Morgan fingerprint density at radius 1 is 1.28 bits per heavy atom. The minimum atomic E-state index is -0.649. The van der Waals surface area contributed by atoms with Gasteiger partial charge in [0.25, 0.3) is 0 Å². The van der Waals surface area contributed by atoms with Gasteiger partial charge in [-0.2, -0.15) is 0 Å². The average molecular weight is 246 g/mol. The number of hydrogen-bond acceptors (Lipinski definition) is 2. The highest BCUT2D eigenvalue weighted by Crippen LogP contribution is 2.26. The maximum absolute atomic E-state index is 11.9. The van der Waals surface area contributed by atoms with Crippen LogP contribution in [0.3, 0.4) is 0 Å². The molecule has 1 atom stereocenters. The molecule has 0 aliphatic carbocycles. The van der Waals surface area contributed by atoms with Crippen LogP contribution in [0.5, 0.6) is 0 Å². The Balaban J connectivity index is 2.84. The molecule has 0 aliphatic rings. The molecule has 0 aliphatic heterocycles. The van der Waals surface area contributed by atoms with Crippen LogP contribution in [0.25, 0.3) is 0 Å². The van der Waals surface area contributed by atoms with Gasteiger partial charge >= 0.3 is 5.97 Å². The van der Waals surface area contributed by atoms with Gasteiger partial charge in [0.05, 0.1) is 12.0 Å². The predicted octanol–water partition coefficient (Wildman–Crippen LogP) is 3.55. The summed E-state index contributed by atoms with van der Waals surface area (Å²) in [5.41, 5.74) is 1.78. The third-order valence-corrected chi connectivity index (χ3v) is 3.19. The number of aryl methyl sites for hydroxylation is 1. The van der Waals surface area contributed by atoms with Crippen LogP contribution in [0, 0.1) is 5.41 Å². The molecule has 0 saturated carbocycles. The van der Waals surface area contributed by atoms with Crippen molar-refractivity contribution in [2.45, 2.75) is 33.6 Å². The van der Waals surface area contributed by atoms with E-state index in [0.29, 0.717) is 13.0 Å². The second-order valence-electron chi connectivity index (χ2n) is 4.69. The van der Waals surface area contributed by atoms with Gasteiger partial charge in [-0.3, -0.25) is 4.79 Å². The number of hydrogen-bond donors (Lipinski definition) is 0. The van der Waals surface area contributed by atoms with Gasteiger partial charge in [0.15, 0.2) is 0 Å². The van der Waals surface area contributed by atoms with E-state index in [1.807, 2.05) is 13.8 Å². The Hall–Kier alpha value is -1.57. The summed E-state index contributed by atoms with van der Waals surface area (Å²) in [5.74, 6) is -0.209. The summed E-state index contributed by atoms with van der Waals surface area (Å²) < 4.78 is 5.10. The Morgan fingerprint density at radius 2 is 1.83 bits per heavy atom. The van der Waals surface area contributed by atoms with E-state index in [9.17, 15) is 4.79 Å². The topological polar surface area (TPSA) is 26.3 Å². The van der Waals surface area contributed by atoms with Crippen molar-refractivity contribution in [1.29, 1.82) is 0 Å². The summed E-state index contributed by atoms with van der Waals surface area (Å²) in [6, 6.07) is 8.34. The molecular formula is C16H22O2. The van der Waals surface area contributed by atoms with Gasteiger partial charge in [-0.25, -0.2) is 0 Å². The maximum atomic E-state index is 11.9. The quantitative estimate of drug-likeness (QED) is 0.567. The first kappa shape index (κ1) is 14.5. The van der Waals surface area contributed by atoms with Crippen LogP contribution < -0.4 is 0 Å². The number of benzene rings is 1. The molecule has 0 spiro atoms. The molecule has 0 N–H and O–H groups in total. The average Bonchev–Trinajstić information content (AvgIpc) is 2.39. The zero-order chi connectivity index (χ0) is 13.6. The lowest BCUT2D eigenvalue weighted by Crippen LogP contribution is -2.30. The Bertz CT molecular complexity index is 406. The molecule has 18 heavy (non-hydrogen) atoms. The SMILES string of the molecule is C=CC(C)(Cc1ccc(CC)cc1)C(=O)OCC. The van der Waals surface area contributed by atoms with Crippen molar-refractivity contribution in [3.8, 4) is 0 Å². The van der Waals surface area contributed by atoms with E-state index in [1.54, 1.807) is 6.08 Å². The lowest BCUT2D eigenvalue weighted by Gasteiger charge is -2.23. The third-order valence-electron chi connectivity index (χ3n) is 3.19. The van der Waals surface area contributed by atoms with Crippen molar-refractivity contribution < 1.29 is 9.53 Å². The van der Waals surface area contributed by atoms with Gasteiger partial charge < -0.3 is 4.74 Å². The molecule has 0 fully saturated rings. The van der Waals surface area contributed by atoms with Gasteiger partial charge in [0.2, 0.25) is 0 Å². The van der Waals surface area contributed by atoms with Crippen LogP contribution in [0.1, 0.15) is 31.9 Å². The van der Waals surface area contributed by atoms with Gasteiger partial charge in [-0.15, -0.1) is 6.58 Å². The number of esters is 1. The van der Waals surface area contributed by atoms with E-state index in [2.05, 4.69) is 37.8 Å². The van der Waals surface area contributed by atoms with Crippen LogP contribution in [-0.4, -0.2) is 12.6 Å². The molecule has 1 unspecified atom stereocenters. The van der Waals surface area contributed by atoms with Crippen LogP contribution in [-0.2, 0) is 22.4 Å². The molecule has 2 heteroatoms. The minimum absolute atomic E-state index is 0.209. The zero-order valence-electron chi connectivity index (χ0n) is 11.5. The van der Waals surface area contributed by atoms with E-state index in [0.717, 1.165) is 12.0 Å². The fourth-order valence-electron chi connectivity index (χ4n) is 1.84. The molecule has 1 rings (SSSR count). The highest BCUT2D eigenvalue weighted by atomic mass is 16.5. The molecular weight excluding hydrogens is 224 g/mol. The first-order chi connectivity index (χ1) is 8.55. The minimum Gasteiger partial charge on any atom is -0.465 e. The molecule has 0 heterocycles. The van der Waals surface area contributed by atoms with Crippen molar-refractivity contribution in [3.05, 3.63) is 48.0 Å². The maximum Gasteiger partial charge on any atom is 0.315 e. The first-order valence-electron chi connectivity index (χ1n) is 6.44. The molecule has 0 bridgehead atoms. The molecule has 0 radical (unpaired) electrons. The number of ether oxygens (including phenoxy) is 1. The van der Waals surface area contributed by atoms with Crippen molar-refractivity contribution in [2.75, 3.05) is 6.61 Å². The number of rotatable bonds is 6. The molecule has 0 aromatic heterocycles. The van der Waals surface area contributed by atoms with Crippen LogP contribution >= 0.6 is 0 Å². The van der Waals surface area contributed by atoms with Crippen LogP contribution in [0.4, 0.5) is 0 Å². The molecule has 0 saturated heterocycles. The standard InChI is InChI=1S/C16H22O2/c1-5-13-8-10-14(11-9-13)12-16(4,6-2)15(17)18-7-3/h6,8-11H,2,5,7,12H2,1,3-4H3. The summed E-state index contributed by atoms with van der Waals surface area (Å²) in [6.07, 6.45) is 3.33. The Morgan fingerprint density at radius 3 is 2.28 bits per heavy atom. The summed E-state index contributed by atoms with van der Waals surface area (Å²) in [7, 11) is 0. The summed E-state index contributed by atoms with van der Waals surface area (Å²) in [5, 5.41) is 0. The van der Waals surface area contributed by atoms with E-state index < -0.39 is 5.41 Å². The van der Waals surface area contributed by atoms with Gasteiger partial charge in [-0.05, 0) is 37.8 Å². The Kier molecular flexibility index (Phi) is 5.14. The van der Waals surface area contributed by atoms with Gasteiger partial charge in [0, 0.05) is 0 Å². The molecule has 98 valence electrons. The smallest absolute Gasteiger partial charge is 0.315 e. The number of carbonyl (C=O) groups is 1. The lowest BCUT2D eigenvalue weighted by molar-refractivity contribution is -0.151. The van der Waals surface area contributed by atoms with Crippen molar-refractivity contribution in [3.63, 3.8) is 0 Å². The second-order valence-corrected chi connectivity index (χ2v) is 4.69. The fraction of sp³-hybridized carbons (Fsp3) is 0.438. The predicted molar refractivity (Wildman–Crippen MR) is 74.5 cm³/mol. The second kappa shape index (κ2) is 6.39. The summed E-state index contributed by atoms with van der Waals surface area (Å²) >= 11 is 0. The summed E-state index contributed by atoms with van der Waals surface area (Å²) in [4.78, 5) is 11.9. The zero-order valence-corrected chi connectivity index (χ0v) is 11.5. The molecule has 2 nitrogen and oxygen atoms in total. The van der Waals surface area contributed by atoms with Crippen molar-refractivity contribution >= 4 is 5.97 Å².